The second-order valence-corrected chi connectivity index (χ2v) is 4.42. The molecule has 2 heteroatoms. The molecule has 2 nitrogen and oxygen atoms in total. The molecule has 0 amide bonds. The van der Waals surface area contributed by atoms with Gasteiger partial charge < -0.3 is 4.57 Å². The van der Waals surface area contributed by atoms with E-state index < -0.39 is 0 Å². The van der Waals surface area contributed by atoms with Crippen molar-refractivity contribution in [3.8, 4) is 5.69 Å². The molecule has 18 heavy (non-hydrogen) atoms. The van der Waals surface area contributed by atoms with Crippen molar-refractivity contribution in [3.05, 3.63) is 65.9 Å². The fourth-order valence-electron chi connectivity index (χ4n) is 2.24. The van der Waals surface area contributed by atoms with Crippen molar-refractivity contribution in [1.29, 1.82) is 0 Å². The van der Waals surface area contributed by atoms with Gasteiger partial charge in [-0.05, 0) is 31.2 Å². The van der Waals surface area contributed by atoms with Crippen LogP contribution in [0.1, 0.15) is 16.1 Å². The van der Waals surface area contributed by atoms with Crippen LogP contribution in [0.4, 0.5) is 0 Å². The molecule has 0 spiro atoms. The summed E-state index contributed by atoms with van der Waals surface area (Å²) >= 11 is 0. The Labute approximate surface area is 105 Å². The van der Waals surface area contributed by atoms with Gasteiger partial charge in [0.15, 0.2) is 6.29 Å². The van der Waals surface area contributed by atoms with E-state index in [0.717, 1.165) is 22.9 Å². The predicted octanol–water partition coefficient (Wildman–Crippen LogP) is 3.75. The molecular weight excluding hydrogens is 222 g/mol. The fraction of sp³-hybridized carbons (Fsp3) is 0.0625. The van der Waals surface area contributed by atoms with E-state index in [1.807, 2.05) is 47.0 Å². The lowest BCUT2D eigenvalue weighted by molar-refractivity contribution is 0.111. The molecule has 0 fully saturated rings. The SMILES string of the molecule is Cc1ccc(-n2c(C=O)cc3ccccc32)cc1. The number of benzene rings is 2. The summed E-state index contributed by atoms with van der Waals surface area (Å²) in [5, 5.41) is 1.08. The van der Waals surface area contributed by atoms with E-state index in [4.69, 9.17) is 0 Å². The van der Waals surface area contributed by atoms with Crippen LogP contribution in [0.15, 0.2) is 54.6 Å². The number of carbonyl (C=O) groups is 1. The first-order valence-electron chi connectivity index (χ1n) is 5.92. The largest absolute Gasteiger partial charge is 0.307 e. The molecule has 0 bridgehead atoms. The van der Waals surface area contributed by atoms with Gasteiger partial charge in [0.1, 0.15) is 0 Å². The van der Waals surface area contributed by atoms with Crippen LogP contribution in [0.25, 0.3) is 16.6 Å². The standard InChI is InChI=1S/C16H13NO/c1-12-6-8-14(9-7-12)17-15(11-18)10-13-4-2-3-5-16(13)17/h2-11H,1H3. The molecule has 0 unspecified atom stereocenters. The van der Waals surface area contributed by atoms with Crippen molar-refractivity contribution in [2.24, 2.45) is 0 Å². The summed E-state index contributed by atoms with van der Waals surface area (Å²) in [6.07, 6.45) is 0.903. The lowest BCUT2D eigenvalue weighted by atomic mass is 10.2. The normalized spacial score (nSPS) is 10.7. The Morgan fingerprint density at radius 2 is 1.72 bits per heavy atom. The Morgan fingerprint density at radius 3 is 2.44 bits per heavy atom. The number of aromatic nitrogens is 1. The van der Waals surface area contributed by atoms with E-state index >= 15 is 0 Å². The number of rotatable bonds is 2. The van der Waals surface area contributed by atoms with E-state index in [1.165, 1.54) is 5.56 Å². The summed E-state index contributed by atoms with van der Waals surface area (Å²) in [5.41, 5.74) is 3.97. The third kappa shape index (κ3) is 1.63. The van der Waals surface area contributed by atoms with Crippen LogP contribution in [0.3, 0.4) is 0 Å². The van der Waals surface area contributed by atoms with Crippen molar-refractivity contribution in [3.63, 3.8) is 0 Å². The third-order valence-electron chi connectivity index (χ3n) is 3.15. The van der Waals surface area contributed by atoms with Crippen LogP contribution in [-0.4, -0.2) is 10.9 Å². The zero-order valence-electron chi connectivity index (χ0n) is 10.1. The summed E-state index contributed by atoms with van der Waals surface area (Å²) in [6, 6.07) is 18.1. The van der Waals surface area contributed by atoms with E-state index in [0.29, 0.717) is 5.69 Å². The number of nitrogens with zero attached hydrogens (tertiary/aromatic N) is 1. The molecule has 0 N–H and O–H groups in total. The summed E-state index contributed by atoms with van der Waals surface area (Å²) in [4.78, 5) is 11.2. The Balaban J connectivity index is 2.32. The predicted molar refractivity (Wildman–Crippen MR) is 73.4 cm³/mol. The molecule has 0 radical (unpaired) electrons. The first kappa shape index (κ1) is 10.8. The van der Waals surface area contributed by atoms with Gasteiger partial charge >= 0.3 is 0 Å². The van der Waals surface area contributed by atoms with Gasteiger partial charge in [0, 0.05) is 11.1 Å². The van der Waals surface area contributed by atoms with Crippen LogP contribution >= 0.6 is 0 Å². The molecular formula is C16H13NO. The van der Waals surface area contributed by atoms with Gasteiger partial charge in [-0.25, -0.2) is 0 Å². The van der Waals surface area contributed by atoms with Gasteiger partial charge in [-0.1, -0.05) is 35.9 Å². The van der Waals surface area contributed by atoms with Crippen molar-refractivity contribution < 1.29 is 4.79 Å². The van der Waals surface area contributed by atoms with Crippen LogP contribution in [0.5, 0.6) is 0 Å². The molecule has 1 aromatic heterocycles. The summed E-state index contributed by atoms with van der Waals surface area (Å²) < 4.78 is 1.99. The van der Waals surface area contributed by atoms with Crippen LogP contribution < -0.4 is 0 Å². The highest BCUT2D eigenvalue weighted by Crippen LogP contribution is 2.23. The number of aryl methyl sites for hydroxylation is 1. The second-order valence-electron chi connectivity index (χ2n) is 4.42. The Morgan fingerprint density at radius 1 is 1.00 bits per heavy atom. The highest BCUT2D eigenvalue weighted by Gasteiger charge is 2.08. The minimum absolute atomic E-state index is 0.681. The highest BCUT2D eigenvalue weighted by molar-refractivity contribution is 5.90. The van der Waals surface area contributed by atoms with E-state index in [-0.39, 0.29) is 0 Å². The summed E-state index contributed by atoms with van der Waals surface area (Å²) in [5.74, 6) is 0. The van der Waals surface area contributed by atoms with Gasteiger partial charge in [0.05, 0.1) is 11.2 Å². The molecule has 0 saturated carbocycles. The smallest absolute Gasteiger partial charge is 0.166 e. The molecule has 2 aromatic carbocycles. The lowest BCUT2D eigenvalue weighted by Crippen LogP contribution is -1.98. The molecule has 1 heterocycles. The van der Waals surface area contributed by atoms with Crippen molar-refractivity contribution in [2.45, 2.75) is 6.92 Å². The number of carbonyl (C=O) groups excluding carboxylic acids is 1. The fourth-order valence-corrected chi connectivity index (χ4v) is 2.24. The maximum atomic E-state index is 11.2. The molecule has 0 aliphatic carbocycles. The van der Waals surface area contributed by atoms with E-state index in [1.54, 1.807) is 0 Å². The van der Waals surface area contributed by atoms with Crippen molar-refractivity contribution in [1.82, 2.24) is 4.57 Å². The van der Waals surface area contributed by atoms with Crippen molar-refractivity contribution in [2.75, 3.05) is 0 Å². The molecule has 0 aliphatic rings. The van der Waals surface area contributed by atoms with Crippen LogP contribution in [0, 0.1) is 6.92 Å². The molecule has 0 saturated heterocycles. The minimum Gasteiger partial charge on any atom is -0.307 e. The van der Waals surface area contributed by atoms with Crippen LogP contribution in [-0.2, 0) is 0 Å². The maximum Gasteiger partial charge on any atom is 0.166 e. The average Bonchev–Trinajstić information content (AvgIpc) is 2.78. The van der Waals surface area contributed by atoms with Gasteiger partial charge in [0.25, 0.3) is 0 Å². The van der Waals surface area contributed by atoms with Crippen LogP contribution in [0.2, 0.25) is 0 Å². The lowest BCUT2D eigenvalue weighted by Gasteiger charge is -2.07. The van der Waals surface area contributed by atoms with Gasteiger partial charge in [-0.2, -0.15) is 0 Å². The molecule has 3 rings (SSSR count). The second kappa shape index (κ2) is 4.15. The summed E-state index contributed by atoms with van der Waals surface area (Å²) in [6.45, 7) is 2.05. The Hall–Kier alpha value is -2.35. The number of hydrogen-bond acceptors (Lipinski definition) is 1. The molecule has 0 aliphatic heterocycles. The number of para-hydroxylation sites is 1. The highest BCUT2D eigenvalue weighted by atomic mass is 16.1. The molecule has 0 atom stereocenters. The zero-order chi connectivity index (χ0) is 12.5. The first-order chi connectivity index (χ1) is 8.79. The Bertz CT molecular complexity index is 708. The van der Waals surface area contributed by atoms with Gasteiger partial charge in [0.2, 0.25) is 0 Å². The first-order valence-corrected chi connectivity index (χ1v) is 5.92. The topological polar surface area (TPSA) is 22.0 Å². The third-order valence-corrected chi connectivity index (χ3v) is 3.15. The number of fused-ring (bicyclic) bond motifs is 1. The van der Waals surface area contributed by atoms with E-state index in [9.17, 15) is 4.79 Å². The van der Waals surface area contributed by atoms with E-state index in [2.05, 4.69) is 19.1 Å². The number of aldehydes is 1. The Kier molecular flexibility index (Phi) is 2.49. The quantitative estimate of drug-likeness (QED) is 0.620. The molecule has 88 valence electrons. The van der Waals surface area contributed by atoms with Gasteiger partial charge in [-0.15, -0.1) is 0 Å². The maximum absolute atomic E-state index is 11.2. The molecule has 3 aromatic rings. The zero-order valence-corrected chi connectivity index (χ0v) is 10.1. The minimum atomic E-state index is 0.681. The van der Waals surface area contributed by atoms with Crippen molar-refractivity contribution >= 4 is 17.2 Å². The number of hydrogen-bond donors (Lipinski definition) is 0. The van der Waals surface area contributed by atoms with Gasteiger partial charge in [-0.3, -0.25) is 4.79 Å². The monoisotopic (exact) mass is 235 g/mol. The summed E-state index contributed by atoms with van der Waals surface area (Å²) in [7, 11) is 0. The average molecular weight is 235 g/mol.